The van der Waals surface area contributed by atoms with E-state index in [-0.39, 0.29) is 36.1 Å². The molecule has 1 saturated carbocycles. The van der Waals surface area contributed by atoms with Crippen LogP contribution in [0.1, 0.15) is 48.4 Å². The summed E-state index contributed by atoms with van der Waals surface area (Å²) in [5.74, 6) is 0.161. The number of carbonyl (C=O) groups excluding carboxylic acids is 2. The highest BCUT2D eigenvalue weighted by Crippen LogP contribution is 2.67. The van der Waals surface area contributed by atoms with Crippen LogP contribution in [-0.4, -0.2) is 70.7 Å². The molecule has 0 radical (unpaired) electrons. The average Bonchev–Trinajstić information content (AvgIpc) is 3.35. The second-order valence-electron chi connectivity index (χ2n) is 12.7. The van der Waals surface area contributed by atoms with E-state index in [1.54, 1.807) is 23.1 Å². The van der Waals surface area contributed by atoms with Gasteiger partial charge in [-0.15, -0.1) is 0 Å². The molecule has 9 heteroatoms. The normalized spacial score (nSPS) is 28.1. The number of amides is 1. The van der Waals surface area contributed by atoms with Gasteiger partial charge in [0.15, 0.2) is 11.5 Å². The van der Waals surface area contributed by atoms with E-state index in [1.165, 1.54) is 12.5 Å². The van der Waals surface area contributed by atoms with E-state index < -0.39 is 17.1 Å². The Balaban J connectivity index is 1.27. The number of aromatic hydroxyl groups is 1. The van der Waals surface area contributed by atoms with Crippen molar-refractivity contribution < 1.29 is 24.2 Å². The van der Waals surface area contributed by atoms with Crippen LogP contribution in [0.15, 0.2) is 60.7 Å². The Morgan fingerprint density at radius 2 is 1.86 bits per heavy atom. The second kappa shape index (κ2) is 11.0. The monoisotopic (exact) mass is 634 g/mol. The first kappa shape index (κ1) is 29.5. The van der Waals surface area contributed by atoms with Gasteiger partial charge < -0.3 is 19.5 Å². The molecule has 2 aliphatic carbocycles. The first-order valence-electron chi connectivity index (χ1n) is 15.3. The predicted octanol–water partition coefficient (Wildman–Crippen LogP) is 5.74. The van der Waals surface area contributed by atoms with Crippen LogP contribution < -0.4 is 4.74 Å². The molecule has 5 atom stereocenters. The third kappa shape index (κ3) is 4.42. The summed E-state index contributed by atoms with van der Waals surface area (Å²) in [6, 6.07) is 19.0. The van der Waals surface area contributed by atoms with Crippen LogP contribution in [0.25, 0.3) is 0 Å². The number of ether oxygens (including phenoxy) is 2. The summed E-state index contributed by atoms with van der Waals surface area (Å²) in [4.78, 5) is 31.0. The molecule has 1 N–H and O–H groups in total. The fourth-order valence-corrected chi connectivity index (χ4v) is 9.08. The molecule has 2 aliphatic heterocycles. The zero-order chi connectivity index (χ0) is 30.8. The van der Waals surface area contributed by atoms with Gasteiger partial charge in [0.05, 0.1) is 34.0 Å². The third-order valence-electron chi connectivity index (χ3n) is 10.6. The molecule has 7 nitrogen and oxygen atoms in total. The molecule has 3 aromatic rings. The number of rotatable bonds is 7. The number of phenolic OH excluding ortho intramolecular Hbond substituents is 1. The Morgan fingerprint density at radius 3 is 2.61 bits per heavy atom. The number of phenols is 1. The number of esters is 1. The minimum absolute atomic E-state index is 0.0591. The molecule has 2 heterocycles. The average molecular weight is 636 g/mol. The van der Waals surface area contributed by atoms with Crippen LogP contribution in [-0.2, 0) is 39.0 Å². The van der Waals surface area contributed by atoms with Crippen molar-refractivity contribution in [1.82, 2.24) is 9.80 Å². The van der Waals surface area contributed by atoms with Gasteiger partial charge in [0.1, 0.15) is 11.7 Å². The molecule has 7 rings (SSSR count). The van der Waals surface area contributed by atoms with Gasteiger partial charge in [-0.25, -0.2) is 0 Å². The molecular weight excluding hydrogens is 599 g/mol. The van der Waals surface area contributed by atoms with Gasteiger partial charge in [0, 0.05) is 26.1 Å². The Labute approximate surface area is 267 Å². The number of piperidine rings is 1. The van der Waals surface area contributed by atoms with Crippen LogP contribution in [0.4, 0.5) is 0 Å². The lowest BCUT2D eigenvalue weighted by Gasteiger charge is -2.65. The second-order valence-corrected chi connectivity index (χ2v) is 13.5. The maximum absolute atomic E-state index is 13.8. The van der Waals surface area contributed by atoms with Crippen molar-refractivity contribution in [2.75, 3.05) is 20.1 Å². The lowest BCUT2D eigenvalue weighted by Crippen LogP contribution is -2.79. The van der Waals surface area contributed by atoms with Crippen molar-refractivity contribution >= 4 is 35.1 Å². The van der Waals surface area contributed by atoms with Crippen molar-refractivity contribution in [2.24, 2.45) is 0 Å². The van der Waals surface area contributed by atoms with E-state index in [0.29, 0.717) is 41.5 Å². The minimum Gasteiger partial charge on any atom is -0.504 e. The summed E-state index contributed by atoms with van der Waals surface area (Å²) < 4.78 is 13.3. The Morgan fingerprint density at radius 1 is 1.07 bits per heavy atom. The first-order chi connectivity index (χ1) is 21.1. The molecule has 1 saturated heterocycles. The van der Waals surface area contributed by atoms with Crippen LogP contribution in [0.5, 0.6) is 11.5 Å². The molecule has 230 valence electrons. The smallest absolute Gasteiger partial charge is 0.303 e. The molecule has 0 aromatic heterocycles. The predicted molar refractivity (Wildman–Crippen MR) is 168 cm³/mol. The van der Waals surface area contributed by atoms with Gasteiger partial charge in [0.25, 0.3) is 0 Å². The topological polar surface area (TPSA) is 79.3 Å². The summed E-state index contributed by atoms with van der Waals surface area (Å²) in [5, 5.41) is 11.9. The number of halogens is 2. The van der Waals surface area contributed by atoms with E-state index in [9.17, 15) is 14.7 Å². The first-order valence-corrected chi connectivity index (χ1v) is 16.1. The highest BCUT2D eigenvalue weighted by molar-refractivity contribution is 6.42. The molecule has 2 bridgehead atoms. The molecule has 44 heavy (non-hydrogen) atoms. The van der Waals surface area contributed by atoms with Crippen molar-refractivity contribution in [1.29, 1.82) is 0 Å². The highest BCUT2D eigenvalue weighted by Gasteiger charge is 2.75. The molecule has 1 spiro atoms. The SMILES string of the molecule is CC(=O)O[C@@]12CC[C@@H](N(C)C(=O)Cc3ccc(Cl)c(Cl)c3)[C@@H]3Oc4c(O)ccc5c4[C@@]31CCN(CCc1ccccc1)[C@@H]2C5. The van der Waals surface area contributed by atoms with Crippen LogP contribution in [0, 0.1) is 0 Å². The van der Waals surface area contributed by atoms with Gasteiger partial charge >= 0.3 is 5.97 Å². The molecule has 4 aliphatic rings. The summed E-state index contributed by atoms with van der Waals surface area (Å²) in [6.45, 7) is 3.12. The van der Waals surface area contributed by atoms with E-state index >= 15 is 0 Å². The minimum atomic E-state index is -0.853. The van der Waals surface area contributed by atoms with Gasteiger partial charge in [-0.2, -0.15) is 0 Å². The number of hydrogen-bond donors (Lipinski definition) is 1. The Bertz CT molecular complexity index is 1630. The van der Waals surface area contributed by atoms with Crippen LogP contribution >= 0.6 is 23.2 Å². The maximum atomic E-state index is 13.8. The highest BCUT2D eigenvalue weighted by atomic mass is 35.5. The summed E-state index contributed by atoms with van der Waals surface area (Å²) in [5.41, 5.74) is 2.56. The Hall–Kier alpha value is -3.26. The van der Waals surface area contributed by atoms with E-state index in [0.717, 1.165) is 36.2 Å². The number of likely N-dealkylation sites (N-methyl/N-ethyl adjacent to an activating group) is 1. The number of hydrogen-bond acceptors (Lipinski definition) is 6. The molecule has 0 unspecified atom stereocenters. The summed E-state index contributed by atoms with van der Waals surface area (Å²) >= 11 is 12.3. The third-order valence-corrected chi connectivity index (χ3v) is 11.3. The van der Waals surface area contributed by atoms with Gasteiger partial charge in [-0.3, -0.25) is 14.5 Å². The van der Waals surface area contributed by atoms with Crippen LogP contribution in [0.2, 0.25) is 10.0 Å². The van der Waals surface area contributed by atoms with Gasteiger partial charge in [-0.05, 0) is 73.5 Å². The maximum Gasteiger partial charge on any atom is 0.303 e. The van der Waals surface area contributed by atoms with Crippen molar-refractivity contribution in [3.05, 3.63) is 93.0 Å². The fourth-order valence-electron chi connectivity index (χ4n) is 8.75. The van der Waals surface area contributed by atoms with E-state index in [2.05, 4.69) is 29.2 Å². The quantitative estimate of drug-likeness (QED) is 0.334. The molecular formula is C35H36Cl2N2O5. The van der Waals surface area contributed by atoms with Crippen LogP contribution in [0.3, 0.4) is 0 Å². The molecule has 2 fully saturated rings. The zero-order valence-electron chi connectivity index (χ0n) is 24.9. The Kier molecular flexibility index (Phi) is 7.34. The van der Waals surface area contributed by atoms with E-state index in [1.807, 2.05) is 25.2 Å². The van der Waals surface area contributed by atoms with Crippen molar-refractivity contribution in [3.63, 3.8) is 0 Å². The van der Waals surface area contributed by atoms with Crippen molar-refractivity contribution in [3.8, 4) is 11.5 Å². The molecule has 1 amide bonds. The number of nitrogens with zero attached hydrogens (tertiary/aromatic N) is 2. The standard InChI is InChI=1S/C35H36Cl2N2O5/c1-21(40)44-35-14-12-27(38(2)30(42)19-23-8-10-25(36)26(37)18-23)33-34(35)15-17-39(16-13-22-6-4-3-5-7-22)29(35)20-24-9-11-28(41)32(43-33)31(24)34/h3-11,18,27,29,33,41H,12-17,19-20H2,1-2H3/t27-,29-,33+,34+,35-/m1/s1. The largest absolute Gasteiger partial charge is 0.504 e. The summed E-state index contributed by atoms with van der Waals surface area (Å²) in [7, 11) is 1.82. The lowest BCUT2D eigenvalue weighted by molar-refractivity contribution is -0.223. The van der Waals surface area contributed by atoms with Gasteiger partial charge in [0.2, 0.25) is 5.91 Å². The number of likely N-dealkylation sites (tertiary alicyclic amines) is 1. The zero-order valence-corrected chi connectivity index (χ0v) is 26.4. The van der Waals surface area contributed by atoms with Gasteiger partial charge in [-0.1, -0.05) is 65.7 Å². The lowest BCUT2D eigenvalue weighted by atomic mass is 9.48. The van der Waals surface area contributed by atoms with Crippen molar-refractivity contribution in [2.45, 2.75) is 74.7 Å². The fraction of sp³-hybridized carbons (Fsp3) is 0.429. The summed E-state index contributed by atoms with van der Waals surface area (Å²) in [6.07, 6.45) is 3.13. The number of carbonyl (C=O) groups is 2. The molecule has 3 aromatic carbocycles. The number of benzene rings is 3. The van der Waals surface area contributed by atoms with E-state index in [4.69, 9.17) is 32.7 Å².